The standard InChI is InChI=1S/C21H21N3O4/c1-27-18-9-5-6-16(14-18)15-22-21(26)19-10-11-20(25)24(23-19)12-13-28-17-7-3-2-4-8-17/h2-11,14H,12-13,15H2,1H3,(H,22,26). The van der Waals surface area contributed by atoms with Crippen molar-refractivity contribution in [2.75, 3.05) is 13.7 Å². The summed E-state index contributed by atoms with van der Waals surface area (Å²) in [5.74, 6) is 1.07. The van der Waals surface area contributed by atoms with Crippen molar-refractivity contribution in [3.63, 3.8) is 0 Å². The minimum Gasteiger partial charge on any atom is -0.497 e. The van der Waals surface area contributed by atoms with Gasteiger partial charge in [0, 0.05) is 12.6 Å². The number of para-hydroxylation sites is 1. The van der Waals surface area contributed by atoms with Gasteiger partial charge in [-0.2, -0.15) is 5.10 Å². The van der Waals surface area contributed by atoms with Gasteiger partial charge in [0.05, 0.1) is 13.7 Å². The summed E-state index contributed by atoms with van der Waals surface area (Å²) in [6, 6.07) is 19.5. The third-order valence-electron chi connectivity index (χ3n) is 4.00. The Bertz CT molecular complexity index is 986. The van der Waals surface area contributed by atoms with E-state index in [0.717, 1.165) is 11.3 Å². The molecular weight excluding hydrogens is 358 g/mol. The van der Waals surface area contributed by atoms with Crippen molar-refractivity contribution in [1.82, 2.24) is 15.1 Å². The van der Waals surface area contributed by atoms with Gasteiger partial charge in [0.25, 0.3) is 11.5 Å². The molecule has 1 aromatic heterocycles. The maximum atomic E-state index is 12.4. The smallest absolute Gasteiger partial charge is 0.271 e. The third-order valence-corrected chi connectivity index (χ3v) is 4.00. The SMILES string of the molecule is COc1cccc(CNC(=O)c2ccc(=O)n(CCOc3ccccc3)n2)c1. The largest absolute Gasteiger partial charge is 0.497 e. The molecule has 0 saturated carbocycles. The van der Waals surface area contributed by atoms with Crippen molar-refractivity contribution in [2.24, 2.45) is 0 Å². The van der Waals surface area contributed by atoms with Crippen LogP contribution in [0.1, 0.15) is 16.1 Å². The molecule has 0 aliphatic rings. The monoisotopic (exact) mass is 379 g/mol. The predicted octanol–water partition coefficient (Wildman–Crippen LogP) is 2.26. The normalized spacial score (nSPS) is 10.3. The number of rotatable bonds is 8. The maximum Gasteiger partial charge on any atom is 0.271 e. The van der Waals surface area contributed by atoms with Crippen molar-refractivity contribution < 1.29 is 14.3 Å². The van der Waals surface area contributed by atoms with Crippen LogP contribution in [0.15, 0.2) is 71.5 Å². The zero-order valence-corrected chi connectivity index (χ0v) is 15.5. The number of aromatic nitrogens is 2. The number of ether oxygens (including phenoxy) is 2. The highest BCUT2D eigenvalue weighted by atomic mass is 16.5. The Kier molecular flexibility index (Phi) is 6.41. The average molecular weight is 379 g/mol. The Morgan fingerprint density at radius 1 is 1.04 bits per heavy atom. The van der Waals surface area contributed by atoms with E-state index in [1.54, 1.807) is 7.11 Å². The first-order chi connectivity index (χ1) is 13.7. The summed E-state index contributed by atoms with van der Waals surface area (Å²) in [4.78, 5) is 24.4. The van der Waals surface area contributed by atoms with Crippen LogP contribution < -0.4 is 20.3 Å². The molecule has 2 aromatic carbocycles. The molecule has 7 nitrogen and oxygen atoms in total. The molecule has 3 rings (SSSR count). The van der Waals surface area contributed by atoms with Crippen molar-refractivity contribution in [2.45, 2.75) is 13.1 Å². The molecule has 1 N–H and O–H groups in total. The minimum atomic E-state index is -0.361. The van der Waals surface area contributed by atoms with Gasteiger partial charge in [0.15, 0.2) is 0 Å². The minimum absolute atomic E-state index is 0.169. The van der Waals surface area contributed by atoms with Gasteiger partial charge in [-0.25, -0.2) is 4.68 Å². The molecule has 0 fully saturated rings. The van der Waals surface area contributed by atoms with Crippen LogP contribution in [0.3, 0.4) is 0 Å². The number of hydrogen-bond acceptors (Lipinski definition) is 5. The van der Waals surface area contributed by atoms with Gasteiger partial charge in [-0.1, -0.05) is 30.3 Å². The molecular formula is C21H21N3O4. The molecule has 0 bridgehead atoms. The fourth-order valence-electron chi connectivity index (χ4n) is 2.55. The number of carbonyl (C=O) groups is 1. The fraction of sp³-hybridized carbons (Fsp3) is 0.190. The van der Waals surface area contributed by atoms with Gasteiger partial charge >= 0.3 is 0 Å². The van der Waals surface area contributed by atoms with Crippen LogP contribution >= 0.6 is 0 Å². The van der Waals surface area contributed by atoms with Crippen molar-refractivity contribution >= 4 is 5.91 Å². The van der Waals surface area contributed by atoms with Crippen molar-refractivity contribution in [1.29, 1.82) is 0 Å². The molecule has 28 heavy (non-hydrogen) atoms. The summed E-state index contributed by atoms with van der Waals surface area (Å²) >= 11 is 0. The zero-order valence-electron chi connectivity index (χ0n) is 15.5. The molecule has 0 spiro atoms. The Labute approximate surface area is 162 Å². The van der Waals surface area contributed by atoms with Crippen LogP contribution in [-0.4, -0.2) is 29.4 Å². The average Bonchev–Trinajstić information content (AvgIpc) is 2.74. The van der Waals surface area contributed by atoms with Crippen LogP contribution in [0, 0.1) is 0 Å². The quantitative estimate of drug-likeness (QED) is 0.649. The number of amides is 1. The maximum absolute atomic E-state index is 12.4. The zero-order chi connectivity index (χ0) is 19.8. The molecule has 1 amide bonds. The lowest BCUT2D eigenvalue weighted by atomic mass is 10.2. The van der Waals surface area contributed by atoms with Crippen molar-refractivity contribution in [3.05, 3.63) is 88.3 Å². The first kappa shape index (κ1) is 19.2. The van der Waals surface area contributed by atoms with E-state index in [-0.39, 0.29) is 30.3 Å². The van der Waals surface area contributed by atoms with Gasteiger partial charge in [-0.15, -0.1) is 0 Å². The lowest BCUT2D eigenvalue weighted by molar-refractivity contribution is 0.0942. The molecule has 0 saturated heterocycles. The van der Waals surface area contributed by atoms with E-state index in [4.69, 9.17) is 9.47 Å². The van der Waals surface area contributed by atoms with Crippen LogP contribution in [0.5, 0.6) is 11.5 Å². The highest BCUT2D eigenvalue weighted by molar-refractivity contribution is 5.91. The molecule has 144 valence electrons. The second kappa shape index (κ2) is 9.36. The van der Waals surface area contributed by atoms with Crippen LogP contribution in [0.4, 0.5) is 0 Å². The molecule has 0 aliphatic carbocycles. The topological polar surface area (TPSA) is 82.5 Å². The van der Waals surface area contributed by atoms with Crippen LogP contribution in [0.25, 0.3) is 0 Å². The lowest BCUT2D eigenvalue weighted by Crippen LogP contribution is -2.30. The first-order valence-electron chi connectivity index (χ1n) is 8.83. The van der Waals surface area contributed by atoms with Gasteiger partial charge in [0.2, 0.25) is 0 Å². The molecule has 3 aromatic rings. The number of nitrogens with one attached hydrogen (secondary N) is 1. The summed E-state index contributed by atoms with van der Waals surface area (Å²) in [5.41, 5.74) is 0.778. The Morgan fingerprint density at radius 2 is 1.82 bits per heavy atom. The summed E-state index contributed by atoms with van der Waals surface area (Å²) in [6.45, 7) is 0.838. The van der Waals surface area contributed by atoms with E-state index in [1.165, 1.54) is 16.8 Å². The summed E-state index contributed by atoms with van der Waals surface area (Å²) in [7, 11) is 1.59. The molecule has 0 unspecified atom stereocenters. The predicted molar refractivity (Wildman–Crippen MR) is 105 cm³/mol. The van der Waals surface area contributed by atoms with E-state index in [0.29, 0.717) is 12.3 Å². The summed E-state index contributed by atoms with van der Waals surface area (Å²) in [6.07, 6.45) is 0. The molecule has 7 heteroatoms. The third kappa shape index (κ3) is 5.20. The molecule has 0 aliphatic heterocycles. The van der Waals surface area contributed by atoms with E-state index >= 15 is 0 Å². The second-order valence-electron chi connectivity index (χ2n) is 5.98. The molecule has 1 heterocycles. The Morgan fingerprint density at radius 3 is 2.61 bits per heavy atom. The van der Waals surface area contributed by atoms with E-state index in [9.17, 15) is 9.59 Å². The van der Waals surface area contributed by atoms with E-state index in [2.05, 4.69) is 10.4 Å². The fourth-order valence-corrected chi connectivity index (χ4v) is 2.55. The summed E-state index contributed by atoms with van der Waals surface area (Å²) in [5, 5.41) is 6.93. The number of benzene rings is 2. The molecule has 0 radical (unpaired) electrons. The van der Waals surface area contributed by atoms with Crippen molar-refractivity contribution in [3.8, 4) is 11.5 Å². The van der Waals surface area contributed by atoms with Gasteiger partial charge in [-0.3, -0.25) is 9.59 Å². The van der Waals surface area contributed by atoms with Crippen LogP contribution in [0.2, 0.25) is 0 Å². The van der Waals surface area contributed by atoms with Gasteiger partial charge < -0.3 is 14.8 Å². The number of hydrogen-bond donors (Lipinski definition) is 1. The highest BCUT2D eigenvalue weighted by Crippen LogP contribution is 2.12. The lowest BCUT2D eigenvalue weighted by Gasteiger charge is -2.09. The Hall–Kier alpha value is -3.61. The second-order valence-corrected chi connectivity index (χ2v) is 5.98. The number of methoxy groups -OCH3 is 1. The van der Waals surface area contributed by atoms with Gasteiger partial charge in [-0.05, 0) is 35.9 Å². The van der Waals surface area contributed by atoms with E-state index in [1.807, 2.05) is 54.6 Å². The number of carbonyl (C=O) groups excluding carboxylic acids is 1. The molecule has 0 atom stereocenters. The van der Waals surface area contributed by atoms with E-state index < -0.39 is 0 Å². The number of nitrogens with zero attached hydrogens (tertiary/aromatic N) is 2. The van der Waals surface area contributed by atoms with Crippen LogP contribution in [-0.2, 0) is 13.1 Å². The Balaban J connectivity index is 1.59. The highest BCUT2D eigenvalue weighted by Gasteiger charge is 2.10. The van der Waals surface area contributed by atoms with Gasteiger partial charge in [0.1, 0.15) is 23.8 Å². The first-order valence-corrected chi connectivity index (χ1v) is 8.83. The summed E-state index contributed by atoms with van der Waals surface area (Å²) < 4.78 is 12.0.